The van der Waals surface area contributed by atoms with Crippen LogP contribution in [0.3, 0.4) is 0 Å². The van der Waals surface area contributed by atoms with E-state index < -0.39 is 10.0 Å². The van der Waals surface area contributed by atoms with Crippen molar-refractivity contribution in [3.8, 4) is 0 Å². The fourth-order valence-corrected chi connectivity index (χ4v) is 4.35. The summed E-state index contributed by atoms with van der Waals surface area (Å²) >= 11 is 9.14. The molecule has 1 saturated heterocycles. The van der Waals surface area contributed by atoms with Crippen molar-refractivity contribution >= 4 is 37.6 Å². The second kappa shape index (κ2) is 5.69. The molecule has 0 saturated carbocycles. The molecular weight excluding hydrogens is 354 g/mol. The van der Waals surface area contributed by atoms with Gasteiger partial charge in [-0.2, -0.15) is 4.31 Å². The molecule has 2 rings (SSSR count). The van der Waals surface area contributed by atoms with E-state index in [2.05, 4.69) is 15.9 Å². The first-order valence-corrected chi connectivity index (χ1v) is 8.52. The third kappa shape index (κ3) is 3.13. The Kier molecular flexibility index (Phi) is 4.57. The van der Waals surface area contributed by atoms with Gasteiger partial charge in [-0.15, -0.1) is 0 Å². The van der Waals surface area contributed by atoms with Crippen molar-refractivity contribution in [1.29, 1.82) is 0 Å². The predicted molar refractivity (Wildman–Crippen MR) is 77.9 cm³/mol. The molecule has 1 aromatic carbocycles. The molecule has 1 aromatic rings. The van der Waals surface area contributed by atoms with E-state index in [0.29, 0.717) is 22.6 Å². The summed E-state index contributed by atoms with van der Waals surface area (Å²) in [5.74, 6) is 0. The molecule has 106 valence electrons. The minimum absolute atomic E-state index is 0.0956. The van der Waals surface area contributed by atoms with Crippen LogP contribution in [0.4, 0.5) is 0 Å². The summed E-state index contributed by atoms with van der Waals surface area (Å²) in [7, 11) is -3.52. The Hall–Kier alpha value is -0.140. The molecule has 1 fully saturated rings. The van der Waals surface area contributed by atoms with Gasteiger partial charge in [-0.3, -0.25) is 0 Å². The van der Waals surface area contributed by atoms with Gasteiger partial charge in [-0.25, -0.2) is 8.42 Å². The van der Waals surface area contributed by atoms with Gasteiger partial charge in [0.25, 0.3) is 0 Å². The Morgan fingerprint density at radius 2 is 2.11 bits per heavy atom. The quantitative estimate of drug-likeness (QED) is 0.806. The van der Waals surface area contributed by atoms with Gasteiger partial charge in [-0.05, 0) is 48.0 Å². The minimum atomic E-state index is -3.52. The Bertz CT molecular complexity index is 578. The molecule has 0 amide bonds. The van der Waals surface area contributed by atoms with Crippen LogP contribution in [-0.2, 0) is 14.8 Å². The standard InChI is InChI=1S/C12H15BrClNO3S/c1-8-7-18-9(2)6-15(8)19(16,17)10-3-4-12(14)11(13)5-10/h3-5,8-9H,6-7H2,1-2H3. The molecule has 0 aromatic heterocycles. The Morgan fingerprint density at radius 1 is 1.42 bits per heavy atom. The first-order chi connectivity index (χ1) is 8.82. The summed E-state index contributed by atoms with van der Waals surface area (Å²) in [4.78, 5) is 0.240. The van der Waals surface area contributed by atoms with Gasteiger partial charge in [0.15, 0.2) is 0 Å². The second-order valence-corrected chi connectivity index (χ2v) is 7.80. The highest BCUT2D eigenvalue weighted by Gasteiger charge is 2.34. The molecule has 0 bridgehead atoms. The molecule has 1 aliphatic rings. The molecule has 0 N–H and O–H groups in total. The number of halogens is 2. The molecule has 2 unspecified atom stereocenters. The summed E-state index contributed by atoms with van der Waals surface area (Å²) in [6, 6.07) is 4.46. The van der Waals surface area contributed by atoms with Crippen LogP contribution in [0.2, 0.25) is 5.02 Å². The molecule has 0 spiro atoms. The average molecular weight is 369 g/mol. The summed E-state index contributed by atoms with van der Waals surface area (Å²) in [5, 5.41) is 0.488. The van der Waals surface area contributed by atoms with Crippen LogP contribution in [-0.4, -0.2) is 38.0 Å². The van der Waals surface area contributed by atoms with Crippen LogP contribution in [0, 0.1) is 0 Å². The molecule has 4 nitrogen and oxygen atoms in total. The van der Waals surface area contributed by atoms with Crippen molar-refractivity contribution in [2.75, 3.05) is 13.2 Å². The largest absolute Gasteiger partial charge is 0.375 e. The third-order valence-electron chi connectivity index (χ3n) is 3.05. The summed E-state index contributed by atoms with van der Waals surface area (Å²) in [6.07, 6.45) is -0.0956. The first kappa shape index (κ1) is 15.3. The maximum absolute atomic E-state index is 12.6. The number of hydrogen-bond donors (Lipinski definition) is 0. The zero-order valence-electron chi connectivity index (χ0n) is 10.6. The van der Waals surface area contributed by atoms with Gasteiger partial charge in [0.1, 0.15) is 0 Å². The highest BCUT2D eigenvalue weighted by molar-refractivity contribution is 9.10. The van der Waals surface area contributed by atoms with Crippen molar-refractivity contribution in [2.24, 2.45) is 0 Å². The molecule has 0 aliphatic carbocycles. The molecule has 19 heavy (non-hydrogen) atoms. The first-order valence-electron chi connectivity index (χ1n) is 5.91. The summed E-state index contributed by atoms with van der Waals surface area (Å²) in [6.45, 7) is 4.49. The topological polar surface area (TPSA) is 46.6 Å². The van der Waals surface area contributed by atoms with Gasteiger partial charge in [0, 0.05) is 17.1 Å². The van der Waals surface area contributed by atoms with E-state index in [1.807, 2.05) is 13.8 Å². The van der Waals surface area contributed by atoms with E-state index in [1.165, 1.54) is 16.4 Å². The van der Waals surface area contributed by atoms with E-state index in [-0.39, 0.29) is 17.0 Å². The van der Waals surface area contributed by atoms with Gasteiger partial charge in [0.05, 0.1) is 22.6 Å². The van der Waals surface area contributed by atoms with E-state index in [1.54, 1.807) is 6.07 Å². The average Bonchev–Trinajstić information content (AvgIpc) is 2.35. The maximum atomic E-state index is 12.6. The van der Waals surface area contributed by atoms with Crippen molar-refractivity contribution in [2.45, 2.75) is 30.9 Å². The normalized spacial score (nSPS) is 25.5. The van der Waals surface area contributed by atoms with Crippen LogP contribution in [0.15, 0.2) is 27.6 Å². The van der Waals surface area contributed by atoms with E-state index in [9.17, 15) is 8.42 Å². The Balaban J connectivity index is 2.38. The smallest absolute Gasteiger partial charge is 0.243 e. The zero-order valence-corrected chi connectivity index (χ0v) is 13.8. The van der Waals surface area contributed by atoms with Crippen molar-refractivity contribution < 1.29 is 13.2 Å². The van der Waals surface area contributed by atoms with Crippen LogP contribution in [0.5, 0.6) is 0 Å². The number of benzene rings is 1. The number of nitrogens with zero attached hydrogens (tertiary/aromatic N) is 1. The number of sulfonamides is 1. The molecular formula is C12H15BrClNO3S. The number of ether oxygens (including phenoxy) is 1. The molecule has 7 heteroatoms. The Morgan fingerprint density at radius 3 is 2.74 bits per heavy atom. The number of rotatable bonds is 2. The maximum Gasteiger partial charge on any atom is 0.243 e. The van der Waals surface area contributed by atoms with Crippen molar-refractivity contribution in [1.82, 2.24) is 4.31 Å². The van der Waals surface area contributed by atoms with Crippen molar-refractivity contribution in [3.63, 3.8) is 0 Å². The molecule has 0 radical (unpaired) electrons. The minimum Gasteiger partial charge on any atom is -0.375 e. The predicted octanol–water partition coefficient (Wildman–Crippen LogP) is 2.90. The lowest BCUT2D eigenvalue weighted by Crippen LogP contribution is -2.50. The lowest BCUT2D eigenvalue weighted by molar-refractivity contribution is -0.0170. The van der Waals surface area contributed by atoms with Gasteiger partial charge >= 0.3 is 0 Å². The van der Waals surface area contributed by atoms with Crippen LogP contribution >= 0.6 is 27.5 Å². The monoisotopic (exact) mass is 367 g/mol. The highest BCUT2D eigenvalue weighted by atomic mass is 79.9. The van der Waals surface area contributed by atoms with Crippen molar-refractivity contribution in [3.05, 3.63) is 27.7 Å². The molecule has 1 heterocycles. The van der Waals surface area contributed by atoms with E-state index in [0.717, 1.165) is 0 Å². The fraction of sp³-hybridized carbons (Fsp3) is 0.500. The summed E-state index contributed by atoms with van der Waals surface area (Å²) in [5.41, 5.74) is 0. The third-order valence-corrected chi connectivity index (χ3v) is 6.24. The Labute approximate surface area is 126 Å². The van der Waals surface area contributed by atoms with E-state index >= 15 is 0 Å². The number of hydrogen-bond acceptors (Lipinski definition) is 3. The number of morpholine rings is 1. The summed E-state index contributed by atoms with van der Waals surface area (Å²) < 4.78 is 32.7. The lowest BCUT2D eigenvalue weighted by atomic mass is 10.2. The van der Waals surface area contributed by atoms with Crippen LogP contribution < -0.4 is 0 Å². The van der Waals surface area contributed by atoms with Crippen LogP contribution in [0.25, 0.3) is 0 Å². The molecule has 1 aliphatic heterocycles. The highest BCUT2D eigenvalue weighted by Crippen LogP contribution is 2.28. The van der Waals surface area contributed by atoms with Gasteiger partial charge in [-0.1, -0.05) is 11.6 Å². The lowest BCUT2D eigenvalue weighted by Gasteiger charge is -2.35. The van der Waals surface area contributed by atoms with Gasteiger partial charge < -0.3 is 4.74 Å². The molecule has 2 atom stereocenters. The SMILES string of the molecule is CC1CN(S(=O)(=O)c2ccc(Cl)c(Br)c2)C(C)CO1. The van der Waals surface area contributed by atoms with E-state index in [4.69, 9.17) is 16.3 Å². The van der Waals surface area contributed by atoms with Crippen LogP contribution in [0.1, 0.15) is 13.8 Å². The second-order valence-electron chi connectivity index (χ2n) is 4.64. The van der Waals surface area contributed by atoms with Gasteiger partial charge in [0.2, 0.25) is 10.0 Å². The fourth-order valence-electron chi connectivity index (χ4n) is 1.98. The zero-order chi connectivity index (χ0) is 14.2.